The van der Waals surface area contributed by atoms with E-state index < -0.39 is 24.1 Å². The van der Waals surface area contributed by atoms with E-state index in [0.29, 0.717) is 10.5 Å². The predicted molar refractivity (Wildman–Crippen MR) is 60.6 cm³/mol. The van der Waals surface area contributed by atoms with Gasteiger partial charge in [-0.3, -0.25) is 4.79 Å². The van der Waals surface area contributed by atoms with E-state index in [1.54, 1.807) is 0 Å². The highest BCUT2D eigenvalue weighted by atomic mass is 19.4. The summed E-state index contributed by atoms with van der Waals surface area (Å²) in [6, 6.07) is 4.51. The molecule has 1 aromatic rings. The van der Waals surface area contributed by atoms with Gasteiger partial charge in [-0.25, -0.2) is 4.79 Å². The van der Waals surface area contributed by atoms with Gasteiger partial charge in [0.1, 0.15) is 0 Å². The first-order chi connectivity index (χ1) is 8.64. The molecule has 1 aromatic carbocycles. The van der Waals surface area contributed by atoms with E-state index in [1.165, 1.54) is 31.2 Å². The Morgan fingerprint density at radius 3 is 2.05 bits per heavy atom. The lowest BCUT2D eigenvalue weighted by atomic mass is 10.1. The maximum atomic E-state index is 12.3. The van der Waals surface area contributed by atoms with Crippen LogP contribution in [0.1, 0.15) is 28.9 Å². The predicted octanol–water partition coefficient (Wildman–Crippen LogP) is 2.47. The van der Waals surface area contributed by atoms with Crippen LogP contribution in [0.3, 0.4) is 0 Å². The van der Waals surface area contributed by atoms with Crippen molar-refractivity contribution in [3.63, 3.8) is 0 Å². The van der Waals surface area contributed by atoms with E-state index in [-0.39, 0.29) is 5.56 Å². The van der Waals surface area contributed by atoms with Crippen molar-refractivity contribution in [2.24, 2.45) is 0 Å². The zero-order valence-corrected chi connectivity index (χ0v) is 10.2. The highest BCUT2D eigenvalue weighted by molar-refractivity contribution is 5.87. The minimum atomic E-state index is -4.93. The van der Waals surface area contributed by atoms with E-state index in [0.717, 1.165) is 7.05 Å². The lowest BCUT2D eigenvalue weighted by Crippen LogP contribution is -2.39. The van der Waals surface area contributed by atoms with Gasteiger partial charge in [0.15, 0.2) is 0 Å². The van der Waals surface area contributed by atoms with Crippen molar-refractivity contribution in [3.8, 4) is 0 Å². The van der Waals surface area contributed by atoms with E-state index in [9.17, 15) is 22.8 Å². The highest BCUT2D eigenvalue weighted by Gasteiger charge is 2.42. The molecule has 0 aliphatic carbocycles. The Morgan fingerprint density at radius 2 is 1.68 bits per heavy atom. The third-order valence-corrected chi connectivity index (χ3v) is 2.78. The normalized spacial score (nSPS) is 12.9. The molecule has 0 saturated heterocycles. The first-order valence-corrected chi connectivity index (χ1v) is 5.32. The maximum Gasteiger partial charge on any atom is 0.471 e. The largest absolute Gasteiger partial charge is 0.478 e. The Labute approximate surface area is 107 Å². The fourth-order valence-corrected chi connectivity index (χ4v) is 1.50. The number of rotatable bonds is 3. The van der Waals surface area contributed by atoms with Gasteiger partial charge in [-0.2, -0.15) is 13.2 Å². The van der Waals surface area contributed by atoms with Crippen molar-refractivity contribution in [2.75, 3.05) is 7.05 Å². The van der Waals surface area contributed by atoms with Crippen LogP contribution in [0.5, 0.6) is 0 Å². The zero-order chi connectivity index (χ0) is 14.8. The summed E-state index contributed by atoms with van der Waals surface area (Å²) in [5, 5.41) is 8.71. The fraction of sp³-hybridized carbons (Fsp3) is 0.333. The molecular weight excluding hydrogens is 263 g/mol. The topological polar surface area (TPSA) is 57.6 Å². The number of hydrogen-bond donors (Lipinski definition) is 1. The van der Waals surface area contributed by atoms with Gasteiger partial charge in [-0.1, -0.05) is 12.1 Å². The summed E-state index contributed by atoms with van der Waals surface area (Å²) in [6.07, 6.45) is -4.93. The second-order valence-corrected chi connectivity index (χ2v) is 4.02. The molecule has 0 radical (unpaired) electrons. The van der Waals surface area contributed by atoms with Crippen LogP contribution < -0.4 is 0 Å². The van der Waals surface area contributed by atoms with Crippen LogP contribution in [0.25, 0.3) is 0 Å². The lowest BCUT2D eigenvalue weighted by Gasteiger charge is -2.26. The van der Waals surface area contributed by atoms with Crippen LogP contribution in [0, 0.1) is 0 Å². The third kappa shape index (κ3) is 3.46. The molecule has 1 atom stereocenters. The number of amides is 1. The van der Waals surface area contributed by atoms with Crippen LogP contribution in [-0.2, 0) is 4.79 Å². The average molecular weight is 275 g/mol. The number of halogens is 3. The molecule has 0 aliphatic heterocycles. The van der Waals surface area contributed by atoms with Crippen LogP contribution >= 0.6 is 0 Å². The van der Waals surface area contributed by atoms with Crippen LogP contribution in [0.2, 0.25) is 0 Å². The Balaban J connectivity index is 2.91. The van der Waals surface area contributed by atoms with E-state index >= 15 is 0 Å². The number of carboxylic acids is 1. The first kappa shape index (κ1) is 15.0. The summed E-state index contributed by atoms with van der Waals surface area (Å²) >= 11 is 0. The molecule has 0 saturated carbocycles. The molecule has 0 fully saturated rings. The van der Waals surface area contributed by atoms with Gasteiger partial charge in [0, 0.05) is 7.05 Å². The van der Waals surface area contributed by atoms with E-state index in [2.05, 4.69) is 0 Å². The van der Waals surface area contributed by atoms with Crippen LogP contribution in [0.15, 0.2) is 24.3 Å². The molecule has 0 bridgehead atoms. The summed E-state index contributed by atoms with van der Waals surface area (Å²) in [6.45, 7) is 1.43. The number of nitrogens with zero attached hydrogens (tertiary/aromatic N) is 1. The molecule has 0 aromatic heterocycles. The smallest absolute Gasteiger partial charge is 0.471 e. The average Bonchev–Trinajstić information content (AvgIpc) is 2.35. The number of carbonyl (C=O) groups excluding carboxylic acids is 1. The Morgan fingerprint density at radius 1 is 1.21 bits per heavy atom. The Hall–Kier alpha value is -2.05. The number of carbonyl (C=O) groups is 2. The molecule has 104 valence electrons. The summed E-state index contributed by atoms with van der Waals surface area (Å²) < 4.78 is 36.8. The van der Waals surface area contributed by atoms with Gasteiger partial charge in [-0.15, -0.1) is 0 Å². The zero-order valence-electron chi connectivity index (χ0n) is 10.2. The number of carboxylic acid groups (broad SMARTS) is 1. The maximum absolute atomic E-state index is 12.3. The Bertz CT molecular complexity index is 482. The molecule has 0 unspecified atom stereocenters. The highest BCUT2D eigenvalue weighted by Crippen LogP contribution is 2.25. The second-order valence-electron chi connectivity index (χ2n) is 4.02. The first-order valence-electron chi connectivity index (χ1n) is 5.32. The molecule has 0 spiro atoms. The molecule has 19 heavy (non-hydrogen) atoms. The van der Waals surface area contributed by atoms with E-state index in [4.69, 9.17) is 5.11 Å². The molecule has 1 N–H and O–H groups in total. The number of aromatic carboxylic acids is 1. The molecule has 4 nitrogen and oxygen atoms in total. The van der Waals surface area contributed by atoms with Gasteiger partial charge >= 0.3 is 18.1 Å². The molecule has 1 amide bonds. The van der Waals surface area contributed by atoms with Crippen molar-refractivity contribution in [3.05, 3.63) is 35.4 Å². The molecule has 0 aliphatic rings. The van der Waals surface area contributed by atoms with Gasteiger partial charge < -0.3 is 10.0 Å². The standard InChI is InChI=1S/C12H12F3NO3/c1-7(16(2)11(19)12(13,14)15)8-3-5-9(6-4-8)10(17)18/h3-7H,1-2H3,(H,17,18)/t7-/m0/s1. The number of hydrogen-bond acceptors (Lipinski definition) is 2. The SMILES string of the molecule is C[C@@H](c1ccc(C(=O)O)cc1)N(C)C(=O)C(F)(F)F. The summed E-state index contributed by atoms with van der Waals surface area (Å²) in [5.74, 6) is -3.07. The molecule has 1 rings (SSSR count). The van der Waals surface area contributed by atoms with Gasteiger partial charge in [0.25, 0.3) is 0 Å². The molecular formula is C12H12F3NO3. The van der Waals surface area contributed by atoms with Crippen LogP contribution in [-0.4, -0.2) is 35.1 Å². The third-order valence-electron chi connectivity index (χ3n) is 2.78. The Kier molecular flexibility index (Phi) is 4.18. The molecule has 7 heteroatoms. The quantitative estimate of drug-likeness (QED) is 0.921. The second kappa shape index (κ2) is 5.29. The summed E-state index contributed by atoms with van der Waals surface area (Å²) in [5.41, 5.74) is 0.450. The lowest BCUT2D eigenvalue weighted by molar-refractivity contribution is -0.186. The van der Waals surface area contributed by atoms with Gasteiger partial charge in [-0.05, 0) is 24.6 Å². The number of benzene rings is 1. The van der Waals surface area contributed by atoms with Crippen molar-refractivity contribution in [1.29, 1.82) is 0 Å². The van der Waals surface area contributed by atoms with Crippen molar-refractivity contribution in [1.82, 2.24) is 4.90 Å². The minimum absolute atomic E-state index is 0.0285. The van der Waals surface area contributed by atoms with Crippen molar-refractivity contribution in [2.45, 2.75) is 19.1 Å². The monoisotopic (exact) mass is 275 g/mol. The summed E-state index contributed by atoms with van der Waals surface area (Å²) in [4.78, 5) is 22.3. The van der Waals surface area contributed by atoms with E-state index in [1.807, 2.05) is 0 Å². The van der Waals surface area contributed by atoms with Gasteiger partial charge in [0.05, 0.1) is 11.6 Å². The van der Waals surface area contributed by atoms with Crippen molar-refractivity contribution < 1.29 is 27.9 Å². The summed E-state index contributed by atoms with van der Waals surface area (Å²) in [7, 11) is 1.05. The fourth-order valence-electron chi connectivity index (χ4n) is 1.50. The van der Waals surface area contributed by atoms with Crippen LogP contribution in [0.4, 0.5) is 13.2 Å². The van der Waals surface area contributed by atoms with Crippen molar-refractivity contribution >= 4 is 11.9 Å². The minimum Gasteiger partial charge on any atom is -0.478 e. The number of alkyl halides is 3. The van der Waals surface area contributed by atoms with Gasteiger partial charge in [0.2, 0.25) is 0 Å². The molecule has 0 heterocycles.